The maximum absolute atomic E-state index is 5.36. The highest BCUT2D eigenvalue weighted by atomic mass is 127. The number of aromatic nitrogens is 2. The van der Waals surface area contributed by atoms with E-state index < -0.39 is 0 Å². The Morgan fingerprint density at radius 2 is 1.72 bits per heavy atom. The summed E-state index contributed by atoms with van der Waals surface area (Å²) in [6.07, 6.45) is 1.62. The predicted molar refractivity (Wildman–Crippen MR) is 136 cm³/mol. The van der Waals surface area contributed by atoms with Crippen molar-refractivity contribution in [3.8, 4) is 23.0 Å². The largest absolute Gasteiger partial charge is 0.493 e. The molecular weight excluding hydrogens is 521 g/mol. The van der Waals surface area contributed by atoms with Gasteiger partial charge in [0.15, 0.2) is 23.3 Å². The highest BCUT2D eigenvalue weighted by Gasteiger charge is 2.08. The lowest BCUT2D eigenvalue weighted by Gasteiger charge is -2.13. The molecule has 0 spiro atoms. The highest BCUT2D eigenvalue weighted by molar-refractivity contribution is 14.0. The summed E-state index contributed by atoms with van der Waals surface area (Å²) in [5.41, 5.74) is 3.21. The van der Waals surface area contributed by atoms with Crippen molar-refractivity contribution in [2.45, 2.75) is 26.3 Å². The van der Waals surface area contributed by atoms with Gasteiger partial charge in [0.1, 0.15) is 0 Å². The predicted octanol–water partition coefficient (Wildman–Crippen LogP) is 3.84. The normalized spacial score (nSPS) is 10.9. The Balaban J connectivity index is 0.00000363. The molecule has 0 aliphatic carbocycles. The molecule has 0 aliphatic rings. The van der Waals surface area contributed by atoms with Gasteiger partial charge in [-0.2, -0.15) is 4.98 Å². The molecule has 8 nitrogen and oxygen atoms in total. The minimum Gasteiger partial charge on any atom is -0.493 e. The molecule has 0 saturated heterocycles. The minimum absolute atomic E-state index is 0. The van der Waals surface area contributed by atoms with Gasteiger partial charge in [-0.25, -0.2) is 0 Å². The summed E-state index contributed by atoms with van der Waals surface area (Å²) < 4.78 is 15.9. The van der Waals surface area contributed by atoms with Crippen LogP contribution in [0.2, 0.25) is 0 Å². The molecule has 0 radical (unpaired) electrons. The van der Waals surface area contributed by atoms with Gasteiger partial charge in [0.05, 0.1) is 14.2 Å². The molecule has 0 bridgehead atoms. The molecule has 0 atom stereocenters. The second kappa shape index (κ2) is 12.9. The fourth-order valence-corrected chi connectivity index (χ4v) is 3.05. The molecule has 1 aromatic heterocycles. The van der Waals surface area contributed by atoms with E-state index in [2.05, 4.69) is 37.9 Å². The molecule has 172 valence electrons. The van der Waals surface area contributed by atoms with Gasteiger partial charge in [-0.1, -0.05) is 30.3 Å². The van der Waals surface area contributed by atoms with Crippen LogP contribution in [0.15, 0.2) is 52.0 Å². The molecule has 3 rings (SSSR count). The average Bonchev–Trinajstić information content (AvgIpc) is 3.30. The number of ether oxygens (including phenoxy) is 2. The minimum atomic E-state index is 0. The summed E-state index contributed by atoms with van der Waals surface area (Å²) in [5.74, 6) is 3.44. The summed E-state index contributed by atoms with van der Waals surface area (Å²) in [6, 6.07) is 14.0. The van der Waals surface area contributed by atoms with E-state index >= 15 is 0 Å². The lowest BCUT2D eigenvalue weighted by Crippen LogP contribution is -2.37. The van der Waals surface area contributed by atoms with Crippen molar-refractivity contribution in [3.63, 3.8) is 0 Å². The number of methoxy groups -OCH3 is 2. The van der Waals surface area contributed by atoms with Gasteiger partial charge in [-0.15, -0.1) is 24.0 Å². The second-order valence-electron chi connectivity index (χ2n) is 6.86. The van der Waals surface area contributed by atoms with Crippen LogP contribution in [0.3, 0.4) is 0 Å². The van der Waals surface area contributed by atoms with Crippen molar-refractivity contribution in [3.05, 3.63) is 59.4 Å². The zero-order valence-corrected chi connectivity index (χ0v) is 21.2. The summed E-state index contributed by atoms with van der Waals surface area (Å²) in [4.78, 5) is 8.65. The van der Waals surface area contributed by atoms with Gasteiger partial charge in [0.25, 0.3) is 5.89 Å². The molecule has 3 aromatic rings. The first-order chi connectivity index (χ1) is 15.2. The summed E-state index contributed by atoms with van der Waals surface area (Å²) in [7, 11) is 5.02. The first-order valence-electron chi connectivity index (χ1n) is 10.2. The van der Waals surface area contributed by atoms with E-state index in [9.17, 15) is 0 Å². The Morgan fingerprint density at radius 3 is 2.34 bits per heavy atom. The molecule has 1 heterocycles. The topological polar surface area (TPSA) is 93.8 Å². The number of aryl methyl sites for hydroxylation is 1. The number of hydrogen-bond donors (Lipinski definition) is 2. The lowest BCUT2D eigenvalue weighted by molar-refractivity contribution is 0.354. The first-order valence-corrected chi connectivity index (χ1v) is 10.2. The van der Waals surface area contributed by atoms with Gasteiger partial charge >= 0.3 is 0 Å². The third-order valence-electron chi connectivity index (χ3n) is 4.82. The zero-order valence-electron chi connectivity index (χ0n) is 18.8. The van der Waals surface area contributed by atoms with E-state index in [1.807, 2.05) is 37.3 Å². The quantitative estimate of drug-likeness (QED) is 0.237. The number of aliphatic imine (C=N–C) groups is 1. The number of hydrogen-bond acceptors (Lipinski definition) is 6. The molecule has 9 heteroatoms. The molecule has 32 heavy (non-hydrogen) atoms. The van der Waals surface area contributed by atoms with Crippen LogP contribution in [-0.2, 0) is 19.4 Å². The van der Waals surface area contributed by atoms with Crippen molar-refractivity contribution in [1.29, 1.82) is 0 Å². The van der Waals surface area contributed by atoms with Crippen molar-refractivity contribution in [2.24, 2.45) is 4.99 Å². The molecule has 2 N–H and O–H groups in total. The van der Waals surface area contributed by atoms with Crippen molar-refractivity contribution in [1.82, 2.24) is 20.8 Å². The molecule has 0 aliphatic heterocycles. The number of rotatable bonds is 9. The zero-order chi connectivity index (χ0) is 22.1. The van der Waals surface area contributed by atoms with Crippen LogP contribution in [0.4, 0.5) is 0 Å². The van der Waals surface area contributed by atoms with Crippen LogP contribution in [-0.4, -0.2) is 43.9 Å². The van der Waals surface area contributed by atoms with Crippen LogP contribution in [0.5, 0.6) is 11.5 Å². The number of nitrogens with zero attached hydrogens (tertiary/aromatic N) is 3. The molecule has 0 fully saturated rings. The van der Waals surface area contributed by atoms with E-state index in [1.165, 1.54) is 5.56 Å². The molecule has 0 amide bonds. The second-order valence-corrected chi connectivity index (χ2v) is 6.86. The average molecular weight is 551 g/mol. The monoisotopic (exact) mass is 551 g/mol. The first kappa shape index (κ1) is 25.4. The molecule has 2 aromatic carbocycles. The maximum Gasteiger partial charge on any atom is 0.257 e. The Labute approximate surface area is 205 Å². The standard InChI is InChI=1S/C23H29N5O3.HI/c1-5-21-27-22(31-28-21)18-9-6-16(7-10-18)12-13-25-23(24-2)26-15-17-8-11-19(29-3)20(14-17)30-4;/h6-11,14H,5,12-13,15H2,1-4H3,(H2,24,25,26);1H. The Bertz CT molecular complexity index is 1010. The number of guanidine groups is 1. The van der Waals surface area contributed by atoms with E-state index in [4.69, 9.17) is 14.0 Å². The van der Waals surface area contributed by atoms with E-state index in [-0.39, 0.29) is 24.0 Å². The van der Waals surface area contributed by atoms with Crippen molar-refractivity contribution < 1.29 is 14.0 Å². The van der Waals surface area contributed by atoms with Crippen LogP contribution in [0.25, 0.3) is 11.5 Å². The van der Waals surface area contributed by atoms with Gasteiger partial charge in [-0.05, 0) is 41.8 Å². The van der Waals surface area contributed by atoms with Gasteiger partial charge in [0.2, 0.25) is 0 Å². The Kier molecular flexibility index (Phi) is 10.3. The van der Waals surface area contributed by atoms with Gasteiger partial charge in [0, 0.05) is 32.1 Å². The third-order valence-corrected chi connectivity index (χ3v) is 4.82. The lowest BCUT2D eigenvalue weighted by atomic mass is 10.1. The Hall–Kier alpha value is -2.82. The van der Waals surface area contributed by atoms with Crippen molar-refractivity contribution >= 4 is 29.9 Å². The summed E-state index contributed by atoms with van der Waals surface area (Å²) >= 11 is 0. The van der Waals surface area contributed by atoms with Crippen LogP contribution >= 0.6 is 24.0 Å². The van der Waals surface area contributed by atoms with Gasteiger partial charge < -0.3 is 24.6 Å². The molecule has 0 unspecified atom stereocenters. The van der Waals surface area contributed by atoms with E-state index in [0.29, 0.717) is 23.9 Å². The van der Waals surface area contributed by atoms with Crippen LogP contribution in [0, 0.1) is 0 Å². The van der Waals surface area contributed by atoms with E-state index in [1.54, 1.807) is 21.3 Å². The van der Waals surface area contributed by atoms with E-state index in [0.717, 1.165) is 42.3 Å². The van der Waals surface area contributed by atoms with Gasteiger partial charge in [-0.3, -0.25) is 4.99 Å². The summed E-state index contributed by atoms with van der Waals surface area (Å²) in [5, 5.41) is 10.6. The highest BCUT2D eigenvalue weighted by Crippen LogP contribution is 2.27. The fourth-order valence-electron chi connectivity index (χ4n) is 3.05. The number of halogens is 1. The molecule has 0 saturated carbocycles. The fraction of sp³-hybridized carbons (Fsp3) is 0.348. The van der Waals surface area contributed by atoms with Crippen LogP contribution < -0.4 is 20.1 Å². The van der Waals surface area contributed by atoms with Crippen molar-refractivity contribution in [2.75, 3.05) is 27.8 Å². The SMILES string of the molecule is CCc1noc(-c2ccc(CCNC(=NC)NCc3ccc(OC)c(OC)c3)cc2)n1.I. The Morgan fingerprint density at radius 1 is 1.00 bits per heavy atom. The van der Waals surface area contributed by atoms with Crippen LogP contribution in [0.1, 0.15) is 23.9 Å². The molecular formula is C23H30IN5O3. The summed E-state index contributed by atoms with van der Waals surface area (Å²) in [6.45, 7) is 3.38. The third kappa shape index (κ3) is 6.84. The number of benzene rings is 2. The smallest absolute Gasteiger partial charge is 0.257 e. The maximum atomic E-state index is 5.36. The number of nitrogens with one attached hydrogen (secondary N) is 2.